The maximum absolute atomic E-state index is 15.6. The van der Waals surface area contributed by atoms with Crippen LogP contribution in [0.5, 0.6) is 5.75 Å². The quantitative estimate of drug-likeness (QED) is 0.215. The van der Waals surface area contributed by atoms with Crippen LogP contribution < -0.4 is 15.9 Å². The fourth-order valence-electron chi connectivity index (χ4n) is 4.34. The molecule has 1 saturated heterocycles. The summed E-state index contributed by atoms with van der Waals surface area (Å²) >= 11 is 0. The van der Waals surface area contributed by atoms with Gasteiger partial charge in [-0.15, -0.1) is 0 Å². The fraction of sp³-hybridized carbons (Fsp3) is 0.560. The van der Waals surface area contributed by atoms with Crippen molar-refractivity contribution in [3.63, 3.8) is 0 Å². The van der Waals surface area contributed by atoms with Gasteiger partial charge in [-0.1, -0.05) is 57.2 Å². The van der Waals surface area contributed by atoms with Crippen LogP contribution in [0.15, 0.2) is 41.3 Å². The number of halogens is 2. The molecule has 2 aliphatic heterocycles. The number of carbonyl (C=O) groups excluding carboxylic acids is 1. The number of alkyl halides is 2. The minimum absolute atomic E-state index is 0.0676. The van der Waals surface area contributed by atoms with E-state index in [1.807, 2.05) is 0 Å². The Balaban J connectivity index is 1.48. The highest BCUT2D eigenvalue weighted by Crippen LogP contribution is 2.55. The summed E-state index contributed by atoms with van der Waals surface area (Å²) in [5.41, 5.74) is 5.03. The molecule has 11 nitrogen and oxygen atoms in total. The van der Waals surface area contributed by atoms with Crippen molar-refractivity contribution in [1.29, 1.82) is 0 Å². The van der Waals surface area contributed by atoms with E-state index >= 15 is 8.78 Å². The second-order valence-electron chi connectivity index (χ2n) is 9.39. The number of ether oxygens (including phenoxy) is 2. The smallest absolute Gasteiger partial charge is 0.453 e. The van der Waals surface area contributed by atoms with Crippen molar-refractivity contribution in [3.8, 4) is 5.75 Å². The van der Waals surface area contributed by atoms with Gasteiger partial charge in [0.1, 0.15) is 17.7 Å². The Morgan fingerprint density at radius 1 is 1.21 bits per heavy atom. The maximum Gasteiger partial charge on any atom is 0.530 e. The van der Waals surface area contributed by atoms with Crippen molar-refractivity contribution < 1.29 is 41.2 Å². The van der Waals surface area contributed by atoms with E-state index in [1.165, 1.54) is 0 Å². The lowest BCUT2D eigenvalue weighted by atomic mass is 10.1. The summed E-state index contributed by atoms with van der Waals surface area (Å²) < 4.78 is 71.4. The Morgan fingerprint density at radius 3 is 2.72 bits per heavy atom. The van der Waals surface area contributed by atoms with Gasteiger partial charge in [-0.05, 0) is 18.6 Å². The van der Waals surface area contributed by atoms with E-state index < -0.39 is 50.4 Å². The van der Waals surface area contributed by atoms with Gasteiger partial charge in [0, 0.05) is 18.2 Å². The van der Waals surface area contributed by atoms with Crippen molar-refractivity contribution in [3.05, 3.63) is 52.6 Å². The van der Waals surface area contributed by atoms with Crippen LogP contribution in [0.2, 0.25) is 0 Å². The van der Waals surface area contributed by atoms with Crippen LogP contribution in [0.4, 0.5) is 14.6 Å². The summed E-state index contributed by atoms with van der Waals surface area (Å²) in [6, 6.07) is 7.84. The van der Waals surface area contributed by atoms with Gasteiger partial charge in [0.25, 0.3) is 0 Å². The molecule has 2 aromatic rings. The first-order valence-corrected chi connectivity index (χ1v) is 14.3. The minimum atomic E-state index is -4.20. The lowest BCUT2D eigenvalue weighted by Gasteiger charge is -2.27. The number of para-hydroxylation sites is 1. The number of phosphoric acid groups is 1. The van der Waals surface area contributed by atoms with Crippen LogP contribution in [-0.2, 0) is 34.5 Å². The second-order valence-corrected chi connectivity index (χ2v) is 11.0. The predicted octanol–water partition coefficient (Wildman–Crippen LogP) is 4.75. The molecule has 4 atom stereocenters. The van der Waals surface area contributed by atoms with E-state index in [-0.39, 0.29) is 24.6 Å². The van der Waals surface area contributed by atoms with Crippen LogP contribution in [0.1, 0.15) is 63.7 Å². The van der Waals surface area contributed by atoms with Gasteiger partial charge < -0.3 is 19.7 Å². The lowest BCUT2D eigenvalue weighted by Crippen LogP contribution is -2.44. The molecule has 4 rings (SSSR count). The molecule has 0 radical (unpaired) electrons. The molecule has 0 amide bonds. The first kappa shape index (κ1) is 29.1. The number of nitrogens with two attached hydrogens (primary N) is 1. The maximum atomic E-state index is 15.6. The van der Waals surface area contributed by atoms with Gasteiger partial charge in [-0.2, -0.15) is 13.8 Å². The molecular formula is C25H32F2N3O8P. The Morgan fingerprint density at radius 2 is 1.95 bits per heavy atom. The summed E-state index contributed by atoms with van der Waals surface area (Å²) in [5.74, 6) is -4.62. The first-order valence-electron chi connectivity index (χ1n) is 12.9. The van der Waals surface area contributed by atoms with E-state index in [2.05, 4.69) is 11.9 Å². The fourth-order valence-corrected chi connectivity index (χ4v) is 5.56. The average Bonchev–Trinajstić information content (AvgIpc) is 3.14. The minimum Gasteiger partial charge on any atom is -0.453 e. The van der Waals surface area contributed by atoms with Crippen molar-refractivity contribution >= 4 is 19.6 Å². The van der Waals surface area contributed by atoms with Crippen LogP contribution in [-0.4, -0.2) is 40.3 Å². The third-order valence-electron chi connectivity index (χ3n) is 6.40. The predicted molar refractivity (Wildman–Crippen MR) is 135 cm³/mol. The Hall–Kier alpha value is -2.86. The molecular weight excluding hydrogens is 539 g/mol. The number of esters is 1. The van der Waals surface area contributed by atoms with E-state index in [1.54, 1.807) is 24.3 Å². The summed E-state index contributed by atoms with van der Waals surface area (Å²) in [5, 5.41) is 0. The van der Waals surface area contributed by atoms with Crippen molar-refractivity contribution in [2.75, 3.05) is 12.3 Å². The number of aromatic nitrogens is 2. The molecule has 0 spiro atoms. The molecule has 3 heterocycles. The molecule has 0 aliphatic carbocycles. The normalized spacial score (nSPS) is 25.6. The third-order valence-corrected chi connectivity index (χ3v) is 7.74. The number of unbranched alkanes of at least 4 members (excludes halogenated alkanes) is 5. The van der Waals surface area contributed by atoms with Gasteiger partial charge in [0.05, 0.1) is 13.2 Å². The van der Waals surface area contributed by atoms with Crippen LogP contribution in [0, 0.1) is 0 Å². The number of benzene rings is 1. The van der Waals surface area contributed by atoms with Crippen LogP contribution in [0.3, 0.4) is 0 Å². The zero-order valence-corrected chi connectivity index (χ0v) is 22.4. The van der Waals surface area contributed by atoms with Gasteiger partial charge >= 0.3 is 25.4 Å². The Kier molecular flexibility index (Phi) is 9.37. The molecule has 14 heteroatoms. The molecule has 2 N–H and O–H groups in total. The van der Waals surface area contributed by atoms with E-state index in [0.717, 1.165) is 44.4 Å². The molecule has 2 aliphatic rings. The Labute approximate surface area is 224 Å². The van der Waals surface area contributed by atoms with Crippen molar-refractivity contribution in [2.45, 2.75) is 82.8 Å². The Bertz CT molecular complexity index is 1260. The number of fused-ring (bicyclic) bond motifs is 1. The number of carbonyl (C=O) groups is 1. The average molecular weight is 572 g/mol. The lowest BCUT2D eigenvalue weighted by molar-refractivity contribution is -0.176. The number of phosphoric ester groups is 1. The monoisotopic (exact) mass is 571 g/mol. The van der Waals surface area contributed by atoms with Gasteiger partial charge in [-0.3, -0.25) is 18.4 Å². The summed E-state index contributed by atoms with van der Waals surface area (Å²) in [4.78, 5) is 28.3. The molecule has 39 heavy (non-hydrogen) atoms. The van der Waals surface area contributed by atoms with Crippen LogP contribution >= 0.6 is 7.82 Å². The summed E-state index contributed by atoms with van der Waals surface area (Å²) in [6.45, 7) is 1.27. The molecule has 1 aromatic heterocycles. The van der Waals surface area contributed by atoms with Gasteiger partial charge in [-0.25, -0.2) is 9.36 Å². The van der Waals surface area contributed by atoms with Crippen LogP contribution in [0.25, 0.3) is 0 Å². The largest absolute Gasteiger partial charge is 0.530 e. The third kappa shape index (κ3) is 7.02. The molecule has 0 bridgehead atoms. The highest BCUT2D eigenvalue weighted by Gasteiger charge is 2.63. The van der Waals surface area contributed by atoms with E-state index in [0.29, 0.717) is 16.6 Å². The number of rotatable bonds is 12. The number of hydrogen-bond donors (Lipinski definition) is 1. The number of hydrogen-bond acceptors (Lipinski definition) is 10. The molecule has 3 unspecified atom stereocenters. The van der Waals surface area contributed by atoms with Gasteiger partial charge in [0.2, 0.25) is 6.23 Å². The second kappa shape index (κ2) is 12.5. The number of nitrogen functional groups attached to an aromatic ring is 1. The number of anilines is 1. The molecule has 1 fully saturated rings. The zero-order chi connectivity index (χ0) is 28.0. The summed E-state index contributed by atoms with van der Waals surface area (Å²) in [6.07, 6.45) is 0.337. The highest BCUT2D eigenvalue weighted by molar-refractivity contribution is 7.49. The molecule has 1 aromatic carbocycles. The zero-order valence-electron chi connectivity index (χ0n) is 21.5. The summed E-state index contributed by atoms with van der Waals surface area (Å²) in [7, 11) is -4.20. The number of nitrogens with zero attached hydrogens (tertiary/aromatic N) is 2. The van der Waals surface area contributed by atoms with E-state index in [9.17, 15) is 14.2 Å². The first-order chi connectivity index (χ1) is 18.6. The molecule has 0 saturated carbocycles. The SMILES string of the molecule is CCCCCCCCC(=O)O[C@@H]1C(COP2(=O)OCc3ccccc3O2)OC(n2ccc(N)nc2=O)C1(F)F. The molecule has 214 valence electrons. The standard InChI is InChI=1S/C25H32F2N3O8P/c1-2-3-4-5-6-7-12-21(31)37-22-19(16-35-39(33)34-15-17-10-8-9-11-18(17)38-39)36-23(25(22,26)27)30-14-13-20(28)29-24(30)32/h8-11,13-14,19,22-23H,2-7,12,15-16H2,1H3,(H2,28,29,32)/t19?,22-,23?,39?/m1/s1. The van der Waals surface area contributed by atoms with E-state index in [4.69, 9.17) is 28.8 Å². The van der Waals surface area contributed by atoms with Gasteiger partial charge in [0.15, 0.2) is 6.10 Å². The van der Waals surface area contributed by atoms with Crippen molar-refractivity contribution in [1.82, 2.24) is 9.55 Å². The highest BCUT2D eigenvalue weighted by atomic mass is 31.2. The topological polar surface area (TPSA) is 141 Å². The van der Waals surface area contributed by atoms with Crippen molar-refractivity contribution in [2.24, 2.45) is 0 Å².